The van der Waals surface area contributed by atoms with E-state index in [9.17, 15) is 0 Å². The molecule has 0 fully saturated rings. The fourth-order valence-electron chi connectivity index (χ4n) is 1.12. The summed E-state index contributed by atoms with van der Waals surface area (Å²) >= 11 is 0. The Kier molecular flexibility index (Phi) is 1.98. The monoisotopic (exact) mass is 128 g/mol. The highest BCUT2D eigenvalue weighted by Gasteiger charge is 2.14. The van der Waals surface area contributed by atoms with Crippen molar-refractivity contribution in [1.82, 2.24) is 0 Å². The molecule has 52 valence electrons. The zero-order chi connectivity index (χ0) is 6.69. The molecular formula is C7H12O2. The molecule has 0 heterocycles. The number of rotatable bonds is 2. The van der Waals surface area contributed by atoms with E-state index in [4.69, 9.17) is 9.47 Å². The average molecular weight is 128 g/mol. The lowest BCUT2D eigenvalue weighted by atomic mass is 10.3. The molecule has 0 atom stereocenters. The maximum atomic E-state index is 5.07. The van der Waals surface area contributed by atoms with Crippen LogP contribution in [0.25, 0.3) is 0 Å². The maximum Gasteiger partial charge on any atom is 0.133 e. The Morgan fingerprint density at radius 1 is 1.00 bits per heavy atom. The molecule has 0 unspecified atom stereocenters. The van der Waals surface area contributed by atoms with Crippen LogP contribution >= 0.6 is 0 Å². The summed E-state index contributed by atoms with van der Waals surface area (Å²) in [5.74, 6) is 2.05. The van der Waals surface area contributed by atoms with Crippen molar-refractivity contribution in [2.75, 3.05) is 14.2 Å². The Morgan fingerprint density at radius 3 is 1.78 bits per heavy atom. The molecule has 2 heteroatoms. The summed E-state index contributed by atoms with van der Waals surface area (Å²) in [6, 6.07) is 0. The van der Waals surface area contributed by atoms with Gasteiger partial charge in [-0.1, -0.05) is 0 Å². The molecule has 0 saturated heterocycles. The van der Waals surface area contributed by atoms with Gasteiger partial charge in [0.15, 0.2) is 0 Å². The van der Waals surface area contributed by atoms with Crippen LogP contribution in [0.3, 0.4) is 0 Å². The van der Waals surface area contributed by atoms with Gasteiger partial charge in [0.2, 0.25) is 0 Å². The lowest BCUT2D eigenvalue weighted by molar-refractivity contribution is 0.224. The van der Waals surface area contributed by atoms with Crippen LogP contribution < -0.4 is 0 Å². The minimum Gasteiger partial charge on any atom is -0.498 e. The van der Waals surface area contributed by atoms with Crippen molar-refractivity contribution >= 4 is 0 Å². The van der Waals surface area contributed by atoms with E-state index in [0.717, 1.165) is 24.4 Å². The van der Waals surface area contributed by atoms with Gasteiger partial charge in [-0.25, -0.2) is 0 Å². The molecule has 0 aromatic rings. The van der Waals surface area contributed by atoms with Gasteiger partial charge in [0.25, 0.3) is 0 Å². The van der Waals surface area contributed by atoms with Crippen LogP contribution in [0, 0.1) is 0 Å². The topological polar surface area (TPSA) is 18.5 Å². The van der Waals surface area contributed by atoms with Gasteiger partial charge < -0.3 is 9.47 Å². The molecule has 0 aliphatic heterocycles. The summed E-state index contributed by atoms with van der Waals surface area (Å²) in [5, 5.41) is 0. The molecule has 1 aliphatic carbocycles. The van der Waals surface area contributed by atoms with E-state index in [1.807, 2.05) is 0 Å². The van der Waals surface area contributed by atoms with Crippen molar-refractivity contribution in [3.05, 3.63) is 11.5 Å². The Labute approximate surface area is 55.5 Å². The van der Waals surface area contributed by atoms with E-state index in [1.54, 1.807) is 14.2 Å². The standard InChI is InChI=1S/C7H12O2/c1-8-6-4-3-5-7(6)9-2/h3-5H2,1-2H3. The molecule has 0 aromatic carbocycles. The van der Waals surface area contributed by atoms with Gasteiger partial charge in [-0.05, 0) is 6.42 Å². The zero-order valence-electron chi connectivity index (χ0n) is 5.94. The molecule has 0 bridgehead atoms. The second-order valence-electron chi connectivity index (χ2n) is 2.11. The fraction of sp³-hybridized carbons (Fsp3) is 0.714. The highest BCUT2D eigenvalue weighted by Crippen LogP contribution is 2.25. The number of hydrogen-bond acceptors (Lipinski definition) is 2. The van der Waals surface area contributed by atoms with E-state index in [2.05, 4.69) is 0 Å². The molecule has 1 rings (SSSR count). The van der Waals surface area contributed by atoms with Crippen LogP contribution in [0.2, 0.25) is 0 Å². The second-order valence-corrected chi connectivity index (χ2v) is 2.11. The summed E-state index contributed by atoms with van der Waals surface area (Å²) in [7, 11) is 3.39. The summed E-state index contributed by atoms with van der Waals surface area (Å²) in [6.07, 6.45) is 3.26. The van der Waals surface area contributed by atoms with E-state index < -0.39 is 0 Å². The molecule has 0 saturated carbocycles. The normalized spacial score (nSPS) is 18.4. The van der Waals surface area contributed by atoms with E-state index >= 15 is 0 Å². The van der Waals surface area contributed by atoms with Crippen LogP contribution in [0.5, 0.6) is 0 Å². The molecule has 1 aliphatic rings. The van der Waals surface area contributed by atoms with Crippen LogP contribution in [-0.2, 0) is 9.47 Å². The predicted octanol–water partition coefficient (Wildman–Crippen LogP) is 1.67. The first kappa shape index (κ1) is 6.46. The third-order valence-corrected chi connectivity index (χ3v) is 1.61. The van der Waals surface area contributed by atoms with Crippen LogP contribution in [0.15, 0.2) is 11.5 Å². The highest BCUT2D eigenvalue weighted by atomic mass is 16.5. The van der Waals surface area contributed by atoms with Crippen molar-refractivity contribution in [2.45, 2.75) is 19.3 Å². The SMILES string of the molecule is COC1=C(OC)CCC1. The Bertz CT molecular complexity index is 113. The van der Waals surface area contributed by atoms with Crippen molar-refractivity contribution in [1.29, 1.82) is 0 Å². The number of hydrogen-bond donors (Lipinski definition) is 0. The van der Waals surface area contributed by atoms with E-state index in [0.29, 0.717) is 0 Å². The van der Waals surface area contributed by atoms with Crippen molar-refractivity contribution in [3.63, 3.8) is 0 Å². The van der Waals surface area contributed by atoms with E-state index in [1.165, 1.54) is 6.42 Å². The molecule has 9 heavy (non-hydrogen) atoms. The van der Waals surface area contributed by atoms with Gasteiger partial charge in [0, 0.05) is 12.8 Å². The van der Waals surface area contributed by atoms with Gasteiger partial charge >= 0.3 is 0 Å². The van der Waals surface area contributed by atoms with Crippen molar-refractivity contribution in [2.24, 2.45) is 0 Å². The van der Waals surface area contributed by atoms with Gasteiger partial charge in [-0.2, -0.15) is 0 Å². The first-order valence-electron chi connectivity index (χ1n) is 3.18. The first-order chi connectivity index (χ1) is 4.38. The largest absolute Gasteiger partial charge is 0.498 e. The summed E-state index contributed by atoms with van der Waals surface area (Å²) in [6.45, 7) is 0. The van der Waals surface area contributed by atoms with Crippen LogP contribution in [0.4, 0.5) is 0 Å². The molecule has 0 amide bonds. The lowest BCUT2D eigenvalue weighted by Gasteiger charge is -2.02. The third-order valence-electron chi connectivity index (χ3n) is 1.61. The number of allylic oxidation sites excluding steroid dienone is 2. The Hall–Kier alpha value is -0.660. The first-order valence-corrected chi connectivity index (χ1v) is 3.18. The molecule has 0 spiro atoms. The fourth-order valence-corrected chi connectivity index (χ4v) is 1.12. The minimum atomic E-state index is 1.03. The Balaban J connectivity index is 2.59. The smallest absolute Gasteiger partial charge is 0.133 e. The Morgan fingerprint density at radius 2 is 1.44 bits per heavy atom. The predicted molar refractivity (Wildman–Crippen MR) is 34.9 cm³/mol. The molecule has 0 N–H and O–H groups in total. The zero-order valence-corrected chi connectivity index (χ0v) is 5.94. The average Bonchev–Trinajstić information content (AvgIpc) is 2.33. The van der Waals surface area contributed by atoms with Gasteiger partial charge in [0.1, 0.15) is 11.5 Å². The van der Waals surface area contributed by atoms with Crippen LogP contribution in [0.1, 0.15) is 19.3 Å². The number of methoxy groups -OCH3 is 2. The maximum absolute atomic E-state index is 5.07. The van der Waals surface area contributed by atoms with Gasteiger partial charge in [0.05, 0.1) is 14.2 Å². The summed E-state index contributed by atoms with van der Waals surface area (Å²) < 4.78 is 10.1. The second kappa shape index (κ2) is 2.76. The number of ether oxygens (including phenoxy) is 2. The lowest BCUT2D eigenvalue weighted by Crippen LogP contribution is -1.87. The summed E-state index contributed by atoms with van der Waals surface area (Å²) in [4.78, 5) is 0. The molecule has 0 aromatic heterocycles. The third kappa shape index (κ3) is 1.18. The molecule has 0 radical (unpaired) electrons. The van der Waals surface area contributed by atoms with Crippen molar-refractivity contribution < 1.29 is 9.47 Å². The quantitative estimate of drug-likeness (QED) is 0.563. The highest BCUT2D eigenvalue weighted by molar-refractivity contribution is 5.07. The van der Waals surface area contributed by atoms with Crippen LogP contribution in [-0.4, -0.2) is 14.2 Å². The summed E-state index contributed by atoms with van der Waals surface area (Å²) in [5.41, 5.74) is 0. The van der Waals surface area contributed by atoms with Crippen molar-refractivity contribution in [3.8, 4) is 0 Å². The van der Waals surface area contributed by atoms with Gasteiger partial charge in [-0.15, -0.1) is 0 Å². The molecular weight excluding hydrogens is 116 g/mol. The van der Waals surface area contributed by atoms with Gasteiger partial charge in [-0.3, -0.25) is 0 Å². The van der Waals surface area contributed by atoms with E-state index in [-0.39, 0.29) is 0 Å². The molecule has 2 nitrogen and oxygen atoms in total. The minimum absolute atomic E-state index is 1.03.